The van der Waals surface area contributed by atoms with Gasteiger partial charge >= 0.3 is 6.03 Å². The van der Waals surface area contributed by atoms with Crippen molar-refractivity contribution in [3.63, 3.8) is 0 Å². The van der Waals surface area contributed by atoms with Crippen molar-refractivity contribution in [1.82, 2.24) is 10.2 Å². The Morgan fingerprint density at radius 3 is 2.77 bits per heavy atom. The molecule has 2 heterocycles. The van der Waals surface area contributed by atoms with E-state index < -0.39 is 29.9 Å². The van der Waals surface area contributed by atoms with Crippen LogP contribution in [0.25, 0.3) is 0 Å². The third-order valence-corrected chi connectivity index (χ3v) is 5.10. The SMILES string of the molecule is CCOc1ccccc1NC(=O)CN1C(=O)NC(C)(Cc2ccc3c(c2)OCO3)C1=O. The summed E-state index contributed by atoms with van der Waals surface area (Å²) in [4.78, 5) is 39.0. The number of carbonyl (C=O) groups excluding carboxylic acids is 3. The minimum Gasteiger partial charge on any atom is -0.492 e. The van der Waals surface area contributed by atoms with Crippen LogP contribution in [0.5, 0.6) is 17.2 Å². The van der Waals surface area contributed by atoms with Gasteiger partial charge in [-0.15, -0.1) is 0 Å². The van der Waals surface area contributed by atoms with E-state index in [-0.39, 0.29) is 13.2 Å². The first-order chi connectivity index (χ1) is 14.9. The third kappa shape index (κ3) is 4.11. The van der Waals surface area contributed by atoms with Gasteiger partial charge in [0.15, 0.2) is 11.5 Å². The zero-order valence-electron chi connectivity index (χ0n) is 17.3. The van der Waals surface area contributed by atoms with Crippen LogP contribution in [0.1, 0.15) is 19.4 Å². The van der Waals surface area contributed by atoms with Gasteiger partial charge in [-0.1, -0.05) is 18.2 Å². The lowest BCUT2D eigenvalue weighted by molar-refractivity contribution is -0.133. The molecule has 0 aliphatic carbocycles. The van der Waals surface area contributed by atoms with E-state index in [0.717, 1.165) is 10.5 Å². The summed E-state index contributed by atoms with van der Waals surface area (Å²) < 4.78 is 16.2. The fourth-order valence-electron chi connectivity index (χ4n) is 3.65. The van der Waals surface area contributed by atoms with Crippen LogP contribution in [0, 0.1) is 0 Å². The summed E-state index contributed by atoms with van der Waals surface area (Å²) in [5.41, 5.74) is 0.107. The van der Waals surface area contributed by atoms with Gasteiger partial charge in [0.25, 0.3) is 5.91 Å². The molecular formula is C22H23N3O6. The molecule has 0 saturated carbocycles. The second-order valence-corrected chi connectivity index (χ2v) is 7.50. The Morgan fingerprint density at radius 1 is 1.19 bits per heavy atom. The molecule has 0 spiro atoms. The van der Waals surface area contributed by atoms with Gasteiger partial charge in [0.2, 0.25) is 12.7 Å². The van der Waals surface area contributed by atoms with Gasteiger partial charge in [0.05, 0.1) is 12.3 Å². The van der Waals surface area contributed by atoms with Gasteiger partial charge in [0.1, 0.15) is 17.8 Å². The number of rotatable bonds is 7. The zero-order chi connectivity index (χ0) is 22.0. The van der Waals surface area contributed by atoms with Crippen LogP contribution in [0.2, 0.25) is 0 Å². The van der Waals surface area contributed by atoms with Crippen molar-refractivity contribution >= 4 is 23.5 Å². The molecule has 2 aromatic rings. The van der Waals surface area contributed by atoms with Crippen LogP contribution in [-0.4, -0.2) is 48.2 Å². The van der Waals surface area contributed by atoms with E-state index in [1.165, 1.54) is 0 Å². The smallest absolute Gasteiger partial charge is 0.325 e. The van der Waals surface area contributed by atoms with Crippen LogP contribution in [-0.2, 0) is 16.0 Å². The molecule has 4 rings (SSSR count). The third-order valence-electron chi connectivity index (χ3n) is 5.10. The highest BCUT2D eigenvalue weighted by Crippen LogP contribution is 2.34. The highest BCUT2D eigenvalue weighted by molar-refractivity contribution is 6.10. The summed E-state index contributed by atoms with van der Waals surface area (Å²) in [6.07, 6.45) is 0.250. The minimum absolute atomic E-state index is 0.154. The van der Waals surface area contributed by atoms with Crippen LogP contribution in [0.3, 0.4) is 0 Å². The predicted octanol–water partition coefficient (Wildman–Crippen LogP) is 2.31. The lowest BCUT2D eigenvalue weighted by atomic mass is 9.92. The number of urea groups is 1. The Bertz CT molecular complexity index is 1040. The molecule has 2 aromatic carbocycles. The molecule has 2 aliphatic heterocycles. The first-order valence-electron chi connectivity index (χ1n) is 9.94. The largest absolute Gasteiger partial charge is 0.492 e. The van der Waals surface area contributed by atoms with Gasteiger partial charge in [-0.2, -0.15) is 0 Å². The van der Waals surface area contributed by atoms with Crippen molar-refractivity contribution in [2.24, 2.45) is 0 Å². The molecule has 2 N–H and O–H groups in total. The maximum absolute atomic E-state index is 13.0. The molecule has 4 amide bonds. The minimum atomic E-state index is -1.17. The standard InChI is InChI=1S/C22H23N3O6/c1-3-29-16-7-5-4-6-15(16)23-19(26)12-25-20(27)22(2,24-21(25)28)11-14-8-9-17-18(10-14)31-13-30-17/h4-10H,3,11-13H2,1-2H3,(H,23,26)(H,24,28). The lowest BCUT2D eigenvalue weighted by Crippen LogP contribution is -2.46. The molecule has 0 bridgehead atoms. The number of anilines is 1. The molecule has 31 heavy (non-hydrogen) atoms. The molecule has 0 radical (unpaired) electrons. The Labute approximate surface area is 179 Å². The van der Waals surface area contributed by atoms with Crippen molar-refractivity contribution in [1.29, 1.82) is 0 Å². The fourth-order valence-corrected chi connectivity index (χ4v) is 3.65. The molecule has 9 nitrogen and oxygen atoms in total. The van der Waals surface area contributed by atoms with E-state index in [1.807, 2.05) is 13.0 Å². The van der Waals surface area contributed by atoms with E-state index in [0.29, 0.717) is 29.5 Å². The molecule has 9 heteroatoms. The molecule has 162 valence electrons. The number of para-hydroxylation sites is 2. The second-order valence-electron chi connectivity index (χ2n) is 7.50. The summed E-state index contributed by atoms with van der Waals surface area (Å²) in [5, 5.41) is 5.41. The molecule has 0 aromatic heterocycles. The van der Waals surface area contributed by atoms with Crippen molar-refractivity contribution in [3.05, 3.63) is 48.0 Å². The zero-order valence-corrected chi connectivity index (χ0v) is 17.3. The normalized spacial score (nSPS) is 19.4. The first kappa shape index (κ1) is 20.5. The Hall–Kier alpha value is -3.75. The second kappa shape index (κ2) is 8.17. The summed E-state index contributed by atoms with van der Waals surface area (Å²) >= 11 is 0. The number of carbonyl (C=O) groups is 3. The molecule has 1 fully saturated rings. The Balaban J connectivity index is 1.44. The maximum Gasteiger partial charge on any atom is 0.325 e. The first-order valence-corrected chi connectivity index (χ1v) is 9.94. The molecule has 1 atom stereocenters. The lowest BCUT2D eigenvalue weighted by Gasteiger charge is -2.22. The van der Waals surface area contributed by atoms with Crippen molar-refractivity contribution in [2.75, 3.05) is 25.3 Å². The number of hydrogen-bond acceptors (Lipinski definition) is 6. The number of nitrogens with one attached hydrogen (secondary N) is 2. The van der Waals surface area contributed by atoms with E-state index in [1.54, 1.807) is 43.3 Å². The average Bonchev–Trinajstić information content (AvgIpc) is 3.28. The van der Waals surface area contributed by atoms with Gasteiger partial charge in [-0.25, -0.2) is 4.79 Å². The van der Waals surface area contributed by atoms with Crippen LogP contribution in [0.15, 0.2) is 42.5 Å². The summed E-state index contributed by atoms with van der Waals surface area (Å²) in [5.74, 6) is 0.790. The van der Waals surface area contributed by atoms with E-state index in [2.05, 4.69) is 10.6 Å². The molecule has 1 unspecified atom stereocenters. The Morgan fingerprint density at radius 2 is 1.97 bits per heavy atom. The van der Waals surface area contributed by atoms with E-state index >= 15 is 0 Å². The number of ether oxygens (including phenoxy) is 3. The molecule has 2 aliphatic rings. The van der Waals surface area contributed by atoms with Crippen molar-refractivity contribution < 1.29 is 28.6 Å². The van der Waals surface area contributed by atoms with Gasteiger partial charge in [-0.3, -0.25) is 14.5 Å². The van der Waals surface area contributed by atoms with Crippen molar-refractivity contribution in [2.45, 2.75) is 25.8 Å². The summed E-state index contributed by atoms with van der Waals surface area (Å²) in [6.45, 7) is 3.67. The quantitative estimate of drug-likeness (QED) is 0.660. The number of fused-ring (bicyclic) bond motifs is 1. The van der Waals surface area contributed by atoms with Crippen LogP contribution >= 0.6 is 0 Å². The number of imide groups is 1. The van der Waals surface area contributed by atoms with Gasteiger partial charge in [0, 0.05) is 6.42 Å². The number of nitrogens with zero attached hydrogens (tertiary/aromatic N) is 1. The maximum atomic E-state index is 13.0. The summed E-state index contributed by atoms with van der Waals surface area (Å²) in [7, 11) is 0. The Kier molecular flexibility index (Phi) is 5.41. The number of hydrogen-bond donors (Lipinski definition) is 2. The van der Waals surface area contributed by atoms with Crippen LogP contribution < -0.4 is 24.8 Å². The van der Waals surface area contributed by atoms with E-state index in [9.17, 15) is 14.4 Å². The highest BCUT2D eigenvalue weighted by Gasteiger charge is 2.48. The summed E-state index contributed by atoms with van der Waals surface area (Å²) in [6, 6.07) is 11.7. The fraction of sp³-hybridized carbons (Fsp3) is 0.318. The average molecular weight is 425 g/mol. The monoisotopic (exact) mass is 425 g/mol. The number of amides is 4. The van der Waals surface area contributed by atoms with Gasteiger partial charge < -0.3 is 24.8 Å². The molecular weight excluding hydrogens is 402 g/mol. The van der Waals surface area contributed by atoms with Gasteiger partial charge in [-0.05, 0) is 43.7 Å². The highest BCUT2D eigenvalue weighted by atomic mass is 16.7. The van der Waals surface area contributed by atoms with Crippen LogP contribution in [0.4, 0.5) is 10.5 Å². The van der Waals surface area contributed by atoms with Crippen molar-refractivity contribution in [3.8, 4) is 17.2 Å². The van der Waals surface area contributed by atoms with E-state index in [4.69, 9.17) is 14.2 Å². The number of benzene rings is 2. The predicted molar refractivity (Wildman–Crippen MR) is 111 cm³/mol. The molecule has 1 saturated heterocycles. The topological polar surface area (TPSA) is 106 Å².